The van der Waals surface area contributed by atoms with E-state index in [-0.39, 0.29) is 0 Å². The predicted molar refractivity (Wildman–Crippen MR) is 101 cm³/mol. The van der Waals surface area contributed by atoms with Crippen LogP contribution in [0.4, 0.5) is 0 Å². The molecule has 5 rings (SSSR count). The van der Waals surface area contributed by atoms with Crippen LogP contribution in [0.15, 0.2) is 47.2 Å². The first-order valence-corrected chi connectivity index (χ1v) is 8.44. The Labute approximate surface area is 153 Å². The summed E-state index contributed by atoms with van der Waals surface area (Å²) in [6.45, 7) is 1.84. The highest BCUT2D eigenvalue weighted by atomic mass is 16.5. The summed E-state index contributed by atoms with van der Waals surface area (Å²) >= 11 is 0. The van der Waals surface area contributed by atoms with Gasteiger partial charge in [-0.1, -0.05) is 28.6 Å². The molecule has 0 amide bonds. The Bertz CT molecular complexity index is 1310. The van der Waals surface area contributed by atoms with Gasteiger partial charge >= 0.3 is 0 Å². The number of hydrogen-bond acceptors (Lipinski definition) is 6. The number of aromatic nitrogens is 7. The van der Waals surface area contributed by atoms with E-state index in [1.165, 1.54) is 0 Å². The van der Waals surface area contributed by atoms with Gasteiger partial charge in [0, 0.05) is 30.9 Å². The summed E-state index contributed by atoms with van der Waals surface area (Å²) in [6.07, 6.45) is 7.56. The maximum atomic E-state index is 5.18. The van der Waals surface area contributed by atoms with E-state index in [0.29, 0.717) is 22.8 Å². The molecule has 0 fully saturated rings. The largest absolute Gasteiger partial charge is 0.361 e. The minimum atomic E-state index is 0.587. The normalized spacial score (nSPS) is 11.9. The molecular weight excluding hydrogens is 342 g/mol. The van der Waals surface area contributed by atoms with Crippen LogP contribution < -0.4 is 0 Å². The van der Waals surface area contributed by atoms with Crippen LogP contribution >= 0.6 is 0 Å². The Morgan fingerprint density at radius 2 is 2.04 bits per heavy atom. The van der Waals surface area contributed by atoms with Crippen LogP contribution in [0, 0.1) is 6.92 Å². The molecule has 27 heavy (non-hydrogen) atoms. The first-order valence-electron chi connectivity index (χ1n) is 8.44. The topological polar surface area (TPSA) is 86.9 Å². The average Bonchev–Trinajstić information content (AvgIpc) is 3.39. The lowest BCUT2D eigenvalue weighted by molar-refractivity contribution is 0.399. The molecule has 0 saturated carbocycles. The van der Waals surface area contributed by atoms with Crippen molar-refractivity contribution in [2.75, 3.05) is 0 Å². The lowest BCUT2D eigenvalue weighted by atomic mass is 10.1. The first kappa shape index (κ1) is 15.4. The molecule has 5 aromatic rings. The standard InChI is InChI=1S/C19H15N7O/c1-12-11-15(23-27-12)18-19-21-14(7-8-17-20-9-10-25(17)2)13-5-3-4-6-16(13)26(19)24-22-18/h3-11H,1-2H3/b8-7+. The van der Waals surface area contributed by atoms with Crippen molar-refractivity contribution < 1.29 is 4.52 Å². The Morgan fingerprint density at radius 3 is 2.81 bits per heavy atom. The molecule has 132 valence electrons. The Morgan fingerprint density at radius 1 is 1.15 bits per heavy atom. The molecule has 0 bridgehead atoms. The molecule has 0 radical (unpaired) electrons. The van der Waals surface area contributed by atoms with E-state index in [9.17, 15) is 0 Å². The van der Waals surface area contributed by atoms with E-state index in [1.54, 1.807) is 10.7 Å². The smallest absolute Gasteiger partial charge is 0.186 e. The monoisotopic (exact) mass is 357 g/mol. The number of aryl methyl sites for hydroxylation is 2. The summed E-state index contributed by atoms with van der Waals surface area (Å²) in [5.41, 5.74) is 3.56. The SMILES string of the molecule is Cc1cc(-c2nnn3c2nc(/C=C/c2nccn2C)c2ccccc23)no1. The third-order valence-electron chi connectivity index (χ3n) is 4.40. The second kappa shape index (κ2) is 5.87. The molecule has 0 N–H and O–H groups in total. The van der Waals surface area contributed by atoms with Crippen molar-refractivity contribution in [3.8, 4) is 11.4 Å². The number of para-hydroxylation sites is 1. The third kappa shape index (κ3) is 2.50. The molecule has 4 aromatic heterocycles. The van der Waals surface area contributed by atoms with Gasteiger partial charge < -0.3 is 9.09 Å². The van der Waals surface area contributed by atoms with E-state index >= 15 is 0 Å². The highest BCUT2D eigenvalue weighted by Crippen LogP contribution is 2.26. The summed E-state index contributed by atoms with van der Waals surface area (Å²) in [5.74, 6) is 1.56. The van der Waals surface area contributed by atoms with Gasteiger partial charge in [-0.2, -0.15) is 4.52 Å². The molecule has 0 unspecified atom stereocenters. The molecule has 0 saturated heterocycles. The number of fused-ring (bicyclic) bond motifs is 3. The second-order valence-corrected chi connectivity index (χ2v) is 6.24. The molecule has 1 aromatic carbocycles. The van der Waals surface area contributed by atoms with Crippen LogP contribution in [0.5, 0.6) is 0 Å². The van der Waals surface area contributed by atoms with Crippen molar-refractivity contribution in [2.24, 2.45) is 7.05 Å². The quantitative estimate of drug-likeness (QED) is 0.493. The van der Waals surface area contributed by atoms with Gasteiger partial charge in [0.05, 0.1) is 11.2 Å². The zero-order valence-corrected chi connectivity index (χ0v) is 14.7. The van der Waals surface area contributed by atoms with E-state index < -0.39 is 0 Å². The number of hydrogen-bond donors (Lipinski definition) is 0. The second-order valence-electron chi connectivity index (χ2n) is 6.24. The summed E-state index contributed by atoms with van der Waals surface area (Å²) < 4.78 is 8.86. The van der Waals surface area contributed by atoms with Crippen LogP contribution in [0.1, 0.15) is 17.3 Å². The Kier molecular flexibility index (Phi) is 3.36. The lowest BCUT2D eigenvalue weighted by Gasteiger charge is -2.04. The van der Waals surface area contributed by atoms with Gasteiger partial charge in [0.15, 0.2) is 11.3 Å². The van der Waals surface area contributed by atoms with Crippen molar-refractivity contribution in [3.63, 3.8) is 0 Å². The van der Waals surface area contributed by atoms with Crippen molar-refractivity contribution in [3.05, 3.63) is 60.0 Å². The molecule has 0 spiro atoms. The zero-order valence-electron chi connectivity index (χ0n) is 14.7. The predicted octanol–water partition coefficient (Wildman–Crippen LogP) is 3.14. The van der Waals surface area contributed by atoms with Gasteiger partial charge in [-0.15, -0.1) is 5.10 Å². The van der Waals surface area contributed by atoms with Crippen LogP contribution in [-0.4, -0.2) is 34.5 Å². The van der Waals surface area contributed by atoms with Gasteiger partial charge in [-0.05, 0) is 25.1 Å². The number of nitrogens with zero attached hydrogens (tertiary/aromatic N) is 7. The van der Waals surface area contributed by atoms with Crippen molar-refractivity contribution in [1.29, 1.82) is 0 Å². The summed E-state index contributed by atoms with van der Waals surface area (Å²) in [6, 6.07) is 9.78. The zero-order chi connectivity index (χ0) is 18.4. The lowest BCUT2D eigenvalue weighted by Crippen LogP contribution is -1.97. The molecule has 0 aliphatic rings. The highest BCUT2D eigenvalue weighted by molar-refractivity contribution is 5.92. The van der Waals surface area contributed by atoms with Gasteiger partial charge in [0.2, 0.25) is 0 Å². The molecule has 4 heterocycles. The van der Waals surface area contributed by atoms with E-state index in [1.807, 2.05) is 67.2 Å². The minimum Gasteiger partial charge on any atom is -0.361 e. The summed E-state index contributed by atoms with van der Waals surface area (Å²) in [5, 5.41) is 13.6. The van der Waals surface area contributed by atoms with Gasteiger partial charge in [-0.25, -0.2) is 9.97 Å². The maximum absolute atomic E-state index is 5.18. The summed E-state index contributed by atoms with van der Waals surface area (Å²) in [4.78, 5) is 9.14. The van der Waals surface area contributed by atoms with Gasteiger partial charge in [-0.3, -0.25) is 0 Å². The van der Waals surface area contributed by atoms with Gasteiger partial charge in [0.1, 0.15) is 17.3 Å². The molecule has 0 aliphatic carbocycles. The number of benzene rings is 1. The van der Waals surface area contributed by atoms with Crippen LogP contribution in [0.2, 0.25) is 0 Å². The minimum absolute atomic E-state index is 0.587. The Hall–Kier alpha value is -3.81. The fourth-order valence-corrected chi connectivity index (χ4v) is 3.05. The van der Waals surface area contributed by atoms with Crippen molar-refractivity contribution in [1.82, 2.24) is 34.5 Å². The third-order valence-corrected chi connectivity index (χ3v) is 4.40. The fraction of sp³-hybridized carbons (Fsp3) is 0.105. The molecular formula is C19H15N7O. The van der Waals surface area contributed by atoms with Crippen LogP contribution in [0.3, 0.4) is 0 Å². The summed E-state index contributed by atoms with van der Waals surface area (Å²) in [7, 11) is 1.95. The first-order chi connectivity index (χ1) is 13.2. The maximum Gasteiger partial charge on any atom is 0.186 e. The Balaban J connectivity index is 1.76. The van der Waals surface area contributed by atoms with Crippen molar-refractivity contribution in [2.45, 2.75) is 6.92 Å². The van der Waals surface area contributed by atoms with Gasteiger partial charge in [0.25, 0.3) is 0 Å². The van der Waals surface area contributed by atoms with Crippen LogP contribution in [0.25, 0.3) is 40.1 Å². The molecule has 8 heteroatoms. The molecule has 0 atom stereocenters. The number of imidazole rings is 1. The molecule has 0 aliphatic heterocycles. The highest BCUT2D eigenvalue weighted by Gasteiger charge is 2.17. The average molecular weight is 357 g/mol. The fourth-order valence-electron chi connectivity index (χ4n) is 3.05. The van der Waals surface area contributed by atoms with E-state index in [0.717, 1.165) is 22.4 Å². The van der Waals surface area contributed by atoms with E-state index in [4.69, 9.17) is 9.51 Å². The molecule has 8 nitrogen and oxygen atoms in total. The van der Waals surface area contributed by atoms with E-state index in [2.05, 4.69) is 20.5 Å². The number of rotatable bonds is 3. The van der Waals surface area contributed by atoms with Crippen LogP contribution in [-0.2, 0) is 7.05 Å². The van der Waals surface area contributed by atoms with Crippen molar-refractivity contribution >= 4 is 28.7 Å².